The van der Waals surface area contributed by atoms with Crippen molar-refractivity contribution < 1.29 is 4.42 Å². The van der Waals surface area contributed by atoms with Gasteiger partial charge in [-0.3, -0.25) is 0 Å². The molecule has 0 saturated heterocycles. The molecule has 3 heteroatoms. The van der Waals surface area contributed by atoms with Crippen LogP contribution >= 0.6 is 0 Å². The molecule has 2 heterocycles. The molecule has 0 amide bonds. The van der Waals surface area contributed by atoms with Gasteiger partial charge < -0.3 is 13.9 Å². The minimum atomic E-state index is -0.203. The van der Waals surface area contributed by atoms with E-state index in [0.29, 0.717) is 0 Å². The first-order chi connectivity index (χ1) is 30.5. The average molecular weight is 795 g/mol. The second-order valence-electron chi connectivity index (χ2n) is 17.0. The lowest BCUT2D eigenvalue weighted by Gasteiger charge is -2.26. The van der Waals surface area contributed by atoms with Gasteiger partial charge in [0.15, 0.2) is 5.58 Å². The number of nitrogens with zero attached hydrogens (tertiary/aromatic N) is 2. The molecule has 0 radical (unpaired) electrons. The molecule has 2 aromatic heterocycles. The highest BCUT2D eigenvalue weighted by Crippen LogP contribution is 2.51. The molecule has 62 heavy (non-hydrogen) atoms. The summed E-state index contributed by atoms with van der Waals surface area (Å²) in [6.07, 6.45) is 0. The van der Waals surface area contributed by atoms with Crippen LogP contribution in [0.3, 0.4) is 0 Å². The topological polar surface area (TPSA) is 21.3 Å². The molecule has 0 saturated carbocycles. The number of hydrogen-bond donors (Lipinski definition) is 0. The van der Waals surface area contributed by atoms with Crippen LogP contribution in [0, 0.1) is 0 Å². The van der Waals surface area contributed by atoms with E-state index >= 15 is 0 Å². The Morgan fingerprint density at radius 1 is 0.403 bits per heavy atom. The first kappa shape index (κ1) is 36.0. The second kappa shape index (κ2) is 14.1. The van der Waals surface area contributed by atoms with Crippen LogP contribution in [0.4, 0.5) is 17.1 Å². The van der Waals surface area contributed by atoms with Gasteiger partial charge in [-0.25, -0.2) is 0 Å². The Hall–Kier alpha value is -7.88. The summed E-state index contributed by atoms with van der Waals surface area (Å²) in [7, 11) is 0. The van der Waals surface area contributed by atoms with Crippen LogP contribution < -0.4 is 4.90 Å². The smallest absolute Gasteiger partial charge is 0.161 e. The van der Waals surface area contributed by atoms with Gasteiger partial charge in [-0.2, -0.15) is 0 Å². The molecule has 0 unspecified atom stereocenters. The Balaban J connectivity index is 0.895. The zero-order chi connectivity index (χ0) is 41.4. The molecule has 12 rings (SSSR count). The highest BCUT2D eigenvalue weighted by atomic mass is 16.3. The number of furan rings is 1. The first-order valence-corrected chi connectivity index (χ1v) is 21.4. The number of aromatic nitrogens is 1. The number of hydrogen-bond acceptors (Lipinski definition) is 2. The summed E-state index contributed by atoms with van der Waals surface area (Å²) in [5.74, 6) is 0. The summed E-state index contributed by atoms with van der Waals surface area (Å²) < 4.78 is 8.88. The maximum atomic E-state index is 6.49. The Morgan fingerprint density at radius 2 is 0.855 bits per heavy atom. The highest BCUT2D eigenvalue weighted by Gasteiger charge is 2.36. The van der Waals surface area contributed by atoms with Crippen molar-refractivity contribution in [2.75, 3.05) is 4.90 Å². The van der Waals surface area contributed by atoms with Gasteiger partial charge in [0, 0.05) is 38.9 Å². The van der Waals surface area contributed by atoms with Crippen LogP contribution in [0.5, 0.6) is 0 Å². The first-order valence-electron chi connectivity index (χ1n) is 21.4. The normalized spacial score (nSPS) is 12.8. The van der Waals surface area contributed by atoms with Crippen molar-refractivity contribution >= 4 is 50.0 Å². The number of fused-ring (bicyclic) bond motifs is 8. The van der Waals surface area contributed by atoms with Gasteiger partial charge in [-0.15, -0.1) is 0 Å². The SMILES string of the molecule is CC1(C)c2cc(-c3ccc(N(c4ccc(-c5ccccc5)cc4)c4ccc(-c5ccccc5)cc4)cc3)ccc2-c2ccc(-n3c4ccccc4c4oc5ccccc5c43)cc21. The summed E-state index contributed by atoms with van der Waals surface area (Å²) >= 11 is 0. The van der Waals surface area contributed by atoms with Gasteiger partial charge in [0.05, 0.1) is 5.52 Å². The number of benzene rings is 9. The molecule has 9 aromatic carbocycles. The quantitative estimate of drug-likeness (QED) is 0.160. The summed E-state index contributed by atoms with van der Waals surface area (Å²) in [6, 6.07) is 79.0. The lowest BCUT2D eigenvalue weighted by molar-refractivity contribution is 0.660. The molecule has 0 aliphatic heterocycles. The number of para-hydroxylation sites is 2. The Labute approximate surface area is 361 Å². The van der Waals surface area contributed by atoms with Gasteiger partial charge in [0.1, 0.15) is 11.1 Å². The van der Waals surface area contributed by atoms with Gasteiger partial charge in [0.2, 0.25) is 0 Å². The van der Waals surface area contributed by atoms with E-state index in [2.05, 4.69) is 236 Å². The molecule has 11 aromatic rings. The zero-order valence-electron chi connectivity index (χ0n) is 34.6. The summed E-state index contributed by atoms with van der Waals surface area (Å²) in [4.78, 5) is 2.35. The summed E-state index contributed by atoms with van der Waals surface area (Å²) in [6.45, 7) is 4.74. The van der Waals surface area contributed by atoms with E-state index in [1.165, 1.54) is 55.6 Å². The summed E-state index contributed by atoms with van der Waals surface area (Å²) in [5, 5.41) is 2.25. The van der Waals surface area contributed by atoms with Gasteiger partial charge >= 0.3 is 0 Å². The Morgan fingerprint density at radius 3 is 1.45 bits per heavy atom. The van der Waals surface area contributed by atoms with E-state index in [4.69, 9.17) is 4.42 Å². The van der Waals surface area contributed by atoms with E-state index in [1.54, 1.807) is 0 Å². The van der Waals surface area contributed by atoms with E-state index in [9.17, 15) is 0 Å². The van der Waals surface area contributed by atoms with Crippen LogP contribution in [0.25, 0.3) is 83.2 Å². The van der Waals surface area contributed by atoms with Crippen molar-refractivity contribution in [3.63, 3.8) is 0 Å². The maximum Gasteiger partial charge on any atom is 0.161 e. The van der Waals surface area contributed by atoms with Crippen molar-refractivity contribution in [3.05, 3.63) is 230 Å². The van der Waals surface area contributed by atoms with Crippen molar-refractivity contribution in [1.29, 1.82) is 0 Å². The third-order valence-electron chi connectivity index (χ3n) is 13.0. The molecular weight excluding hydrogens is 753 g/mol. The highest BCUT2D eigenvalue weighted by molar-refractivity contribution is 6.16. The molecular formula is C59H42N2O. The maximum absolute atomic E-state index is 6.49. The van der Waals surface area contributed by atoms with E-state index in [1.807, 2.05) is 6.07 Å². The van der Waals surface area contributed by atoms with Crippen molar-refractivity contribution in [3.8, 4) is 50.2 Å². The standard InChI is InChI=1S/C59H42N2O/c1-59(2)53-37-44(27-35-49(53)50-36-34-48(38-54(50)59)61-55-19-11-9-17-51(55)58-57(61)52-18-10-12-20-56(52)62-58)43-25-32-47(33-26-43)60(45-28-21-41(22-29-45)39-13-5-3-6-14-39)46-30-23-42(24-31-46)40-15-7-4-8-16-40/h3-38H,1-2H3. The minimum absolute atomic E-state index is 0.203. The van der Waals surface area contributed by atoms with Crippen molar-refractivity contribution in [2.24, 2.45) is 0 Å². The van der Waals surface area contributed by atoms with E-state index < -0.39 is 0 Å². The molecule has 0 N–H and O–H groups in total. The fraction of sp³-hybridized carbons (Fsp3) is 0.0508. The predicted molar refractivity (Wildman–Crippen MR) is 259 cm³/mol. The second-order valence-corrected chi connectivity index (χ2v) is 17.0. The lowest BCUT2D eigenvalue weighted by Crippen LogP contribution is -2.15. The molecule has 0 fully saturated rings. The average Bonchev–Trinajstić information content (AvgIpc) is 3.94. The lowest BCUT2D eigenvalue weighted by atomic mass is 9.81. The monoisotopic (exact) mass is 794 g/mol. The predicted octanol–water partition coefficient (Wildman–Crippen LogP) is 16.3. The zero-order valence-corrected chi connectivity index (χ0v) is 34.6. The minimum Gasteiger partial charge on any atom is -0.454 e. The molecule has 0 spiro atoms. The van der Waals surface area contributed by atoms with Crippen LogP contribution in [0.1, 0.15) is 25.0 Å². The summed E-state index contributed by atoms with van der Waals surface area (Å²) in [5.41, 5.74) is 20.9. The molecule has 0 bridgehead atoms. The third kappa shape index (κ3) is 5.73. The number of anilines is 3. The van der Waals surface area contributed by atoms with Crippen LogP contribution in [0.2, 0.25) is 0 Å². The Bertz CT molecular complexity index is 3360. The van der Waals surface area contributed by atoms with Crippen LogP contribution in [0.15, 0.2) is 223 Å². The van der Waals surface area contributed by atoms with E-state index in [-0.39, 0.29) is 5.41 Å². The van der Waals surface area contributed by atoms with E-state index in [0.717, 1.165) is 55.7 Å². The largest absolute Gasteiger partial charge is 0.454 e. The fourth-order valence-electron chi connectivity index (χ4n) is 9.85. The molecule has 1 aliphatic carbocycles. The van der Waals surface area contributed by atoms with Gasteiger partial charge in [-0.05, 0) is 134 Å². The Kier molecular flexibility index (Phi) is 8.20. The molecule has 294 valence electrons. The molecule has 3 nitrogen and oxygen atoms in total. The van der Waals surface area contributed by atoms with Gasteiger partial charge in [-0.1, -0.05) is 153 Å². The van der Waals surface area contributed by atoms with Crippen LogP contribution in [-0.2, 0) is 5.41 Å². The molecule has 0 atom stereocenters. The number of rotatable bonds is 7. The van der Waals surface area contributed by atoms with Crippen LogP contribution in [-0.4, -0.2) is 4.57 Å². The van der Waals surface area contributed by atoms with Gasteiger partial charge in [0.25, 0.3) is 0 Å². The van der Waals surface area contributed by atoms with Crippen molar-refractivity contribution in [2.45, 2.75) is 19.3 Å². The fourth-order valence-corrected chi connectivity index (χ4v) is 9.85. The van der Waals surface area contributed by atoms with Crippen molar-refractivity contribution in [1.82, 2.24) is 4.57 Å². The third-order valence-corrected chi connectivity index (χ3v) is 13.0. The molecule has 1 aliphatic rings.